The second-order valence-corrected chi connectivity index (χ2v) is 14.5. The van der Waals surface area contributed by atoms with Gasteiger partial charge in [-0.1, -0.05) is 59.9 Å². The van der Waals surface area contributed by atoms with Gasteiger partial charge in [0.1, 0.15) is 17.3 Å². The van der Waals surface area contributed by atoms with Crippen molar-refractivity contribution in [1.82, 2.24) is 9.97 Å². The van der Waals surface area contributed by atoms with Crippen molar-refractivity contribution in [2.75, 3.05) is 23.4 Å². The number of rotatable bonds is 12. The molecule has 3 heterocycles. The summed E-state index contributed by atoms with van der Waals surface area (Å²) in [6, 6.07) is 27.3. The van der Waals surface area contributed by atoms with Gasteiger partial charge in [-0.2, -0.15) is 13.2 Å². The number of carboxylic acid groups (broad SMARTS) is 1. The van der Waals surface area contributed by atoms with E-state index in [1.165, 1.54) is 35.6 Å². The molecule has 0 fully saturated rings. The second kappa shape index (κ2) is 16.4. The number of carbonyl (C=O) groups excluding carboxylic acids is 2. The Kier molecular flexibility index (Phi) is 11.2. The number of amides is 1. The van der Waals surface area contributed by atoms with Crippen LogP contribution in [0, 0.1) is 6.92 Å². The SMILES string of the molecule is CCOC(=O)CCC(c1ccc(Oc2cccc(-c3ccc(N4CCc5cccc(C(=O)Nc6nc7ccccc7s6)c5C4)nc3C(=O)O)c2C)cc1)C(F)(F)F. The number of pyridine rings is 1. The number of aromatic carboxylic acids is 1. The van der Waals surface area contributed by atoms with Gasteiger partial charge >= 0.3 is 18.1 Å². The number of fused-ring (bicyclic) bond motifs is 2. The molecule has 1 atom stereocenters. The maximum Gasteiger partial charge on any atom is 0.395 e. The summed E-state index contributed by atoms with van der Waals surface area (Å²) < 4.78 is 53.6. The van der Waals surface area contributed by atoms with Gasteiger partial charge in [0.25, 0.3) is 5.91 Å². The Morgan fingerprint density at radius 1 is 0.930 bits per heavy atom. The number of hydrogen-bond acceptors (Lipinski definition) is 9. The second-order valence-electron chi connectivity index (χ2n) is 13.5. The van der Waals surface area contributed by atoms with E-state index in [0.717, 1.165) is 21.3 Å². The van der Waals surface area contributed by atoms with Crippen LogP contribution in [0.3, 0.4) is 0 Å². The Morgan fingerprint density at radius 3 is 2.44 bits per heavy atom. The molecule has 1 aliphatic rings. The Labute approximate surface area is 329 Å². The summed E-state index contributed by atoms with van der Waals surface area (Å²) >= 11 is 1.39. The molecule has 0 saturated carbocycles. The van der Waals surface area contributed by atoms with Crippen molar-refractivity contribution in [2.24, 2.45) is 0 Å². The van der Waals surface area contributed by atoms with Gasteiger partial charge in [-0.05, 0) is 103 Å². The van der Waals surface area contributed by atoms with Crippen LogP contribution in [0.15, 0.2) is 97.1 Å². The molecule has 14 heteroatoms. The predicted octanol–water partition coefficient (Wildman–Crippen LogP) is 9.96. The van der Waals surface area contributed by atoms with Crippen LogP contribution in [-0.4, -0.2) is 52.2 Å². The molecule has 1 amide bonds. The fourth-order valence-corrected chi connectivity index (χ4v) is 7.87. The van der Waals surface area contributed by atoms with Gasteiger partial charge in [0.05, 0.1) is 22.7 Å². The molecule has 4 aromatic carbocycles. The maximum atomic E-state index is 13.9. The minimum absolute atomic E-state index is 0.0111. The zero-order valence-electron chi connectivity index (χ0n) is 30.9. The number of carbonyl (C=O) groups is 3. The number of thiazole rings is 1. The molecule has 1 unspecified atom stereocenters. The summed E-state index contributed by atoms with van der Waals surface area (Å²) in [6.07, 6.45) is -4.76. The van der Waals surface area contributed by atoms with E-state index in [1.54, 1.807) is 50.2 Å². The van der Waals surface area contributed by atoms with E-state index in [0.29, 0.717) is 58.5 Å². The molecule has 1 aliphatic heterocycles. The minimum atomic E-state index is -4.57. The lowest BCUT2D eigenvalue weighted by molar-refractivity contribution is -0.156. The van der Waals surface area contributed by atoms with Crippen molar-refractivity contribution in [3.63, 3.8) is 0 Å². The zero-order chi connectivity index (χ0) is 40.3. The van der Waals surface area contributed by atoms with Gasteiger partial charge in [-0.25, -0.2) is 14.8 Å². The molecule has 2 aromatic heterocycles. The van der Waals surface area contributed by atoms with Gasteiger partial charge < -0.3 is 19.5 Å². The Hall–Kier alpha value is -6.28. The Morgan fingerprint density at radius 2 is 1.70 bits per heavy atom. The number of benzene rings is 4. The summed E-state index contributed by atoms with van der Waals surface area (Å²) in [4.78, 5) is 49.1. The lowest BCUT2D eigenvalue weighted by atomic mass is 9.93. The first kappa shape index (κ1) is 39.0. The van der Waals surface area contributed by atoms with Crippen LogP contribution in [0.5, 0.6) is 11.5 Å². The van der Waals surface area contributed by atoms with Crippen LogP contribution in [0.1, 0.15) is 68.8 Å². The average Bonchev–Trinajstić information content (AvgIpc) is 3.60. The van der Waals surface area contributed by atoms with E-state index in [9.17, 15) is 32.7 Å². The van der Waals surface area contributed by atoms with E-state index in [1.807, 2.05) is 41.3 Å². The number of carboxylic acids is 1. The number of esters is 1. The first-order chi connectivity index (χ1) is 27.4. The maximum absolute atomic E-state index is 13.9. The molecule has 0 aliphatic carbocycles. The smallest absolute Gasteiger partial charge is 0.395 e. The van der Waals surface area contributed by atoms with Crippen molar-refractivity contribution < 1.29 is 42.1 Å². The van der Waals surface area contributed by atoms with E-state index in [2.05, 4.69) is 15.3 Å². The van der Waals surface area contributed by atoms with Crippen LogP contribution in [0.25, 0.3) is 21.3 Å². The molecule has 10 nitrogen and oxygen atoms in total. The molecular formula is C43H37F3N4O6S. The van der Waals surface area contributed by atoms with Gasteiger partial charge in [0.2, 0.25) is 0 Å². The van der Waals surface area contributed by atoms with E-state index >= 15 is 0 Å². The Balaban J connectivity index is 1.09. The number of nitrogens with zero attached hydrogens (tertiary/aromatic N) is 3. The number of anilines is 2. The van der Waals surface area contributed by atoms with E-state index in [4.69, 9.17) is 9.47 Å². The summed E-state index contributed by atoms with van der Waals surface area (Å²) in [5.74, 6) is -2.98. The largest absolute Gasteiger partial charge is 0.476 e. The lowest BCUT2D eigenvalue weighted by Crippen LogP contribution is -2.33. The highest BCUT2D eigenvalue weighted by atomic mass is 32.1. The molecule has 0 spiro atoms. The van der Waals surface area contributed by atoms with Gasteiger partial charge in [-0.15, -0.1) is 0 Å². The molecule has 0 saturated heterocycles. The normalized spacial score (nSPS) is 13.2. The number of aromatic nitrogens is 2. The highest BCUT2D eigenvalue weighted by Gasteiger charge is 2.40. The molecule has 7 rings (SSSR count). The lowest BCUT2D eigenvalue weighted by Gasteiger charge is -2.31. The van der Waals surface area contributed by atoms with Crippen molar-refractivity contribution >= 4 is 50.3 Å². The summed E-state index contributed by atoms with van der Waals surface area (Å²) in [7, 11) is 0. The highest BCUT2D eigenvalue weighted by molar-refractivity contribution is 7.22. The third-order valence-electron chi connectivity index (χ3n) is 9.86. The quantitative estimate of drug-likeness (QED) is 0.116. The summed E-state index contributed by atoms with van der Waals surface area (Å²) in [5.41, 5.74) is 4.46. The number of alkyl halides is 3. The third kappa shape index (κ3) is 8.60. The van der Waals surface area contributed by atoms with Crippen LogP contribution >= 0.6 is 11.3 Å². The number of hydrogen-bond donors (Lipinski definition) is 2. The monoisotopic (exact) mass is 794 g/mol. The molecular weight excluding hydrogens is 758 g/mol. The van der Waals surface area contributed by atoms with Crippen molar-refractivity contribution in [3.05, 3.63) is 131 Å². The fraction of sp³-hybridized carbons (Fsp3) is 0.233. The van der Waals surface area contributed by atoms with Crippen molar-refractivity contribution in [2.45, 2.75) is 51.7 Å². The van der Waals surface area contributed by atoms with Crippen molar-refractivity contribution in [1.29, 1.82) is 0 Å². The first-order valence-electron chi connectivity index (χ1n) is 18.3. The van der Waals surface area contributed by atoms with Crippen LogP contribution in [0.4, 0.5) is 24.1 Å². The molecule has 0 radical (unpaired) electrons. The van der Waals surface area contributed by atoms with Crippen LogP contribution < -0.4 is 15.0 Å². The summed E-state index contributed by atoms with van der Waals surface area (Å²) in [5, 5.41) is 13.8. The predicted molar refractivity (Wildman–Crippen MR) is 211 cm³/mol. The van der Waals surface area contributed by atoms with Gasteiger partial charge in [-0.3, -0.25) is 14.9 Å². The average molecular weight is 795 g/mol. The molecule has 0 bridgehead atoms. The van der Waals surface area contributed by atoms with Crippen LogP contribution in [0.2, 0.25) is 0 Å². The molecule has 2 N–H and O–H groups in total. The van der Waals surface area contributed by atoms with E-state index < -0.39 is 30.5 Å². The van der Waals surface area contributed by atoms with Crippen LogP contribution in [-0.2, 0) is 22.5 Å². The minimum Gasteiger partial charge on any atom is -0.476 e. The molecule has 292 valence electrons. The highest BCUT2D eigenvalue weighted by Crippen LogP contribution is 2.40. The zero-order valence-corrected chi connectivity index (χ0v) is 31.7. The fourth-order valence-electron chi connectivity index (χ4n) is 7.01. The first-order valence-corrected chi connectivity index (χ1v) is 19.1. The molecule has 6 aromatic rings. The summed E-state index contributed by atoms with van der Waals surface area (Å²) in [6.45, 7) is 4.33. The van der Waals surface area contributed by atoms with Crippen molar-refractivity contribution in [3.8, 4) is 22.6 Å². The topological polar surface area (TPSA) is 131 Å². The number of nitrogens with one attached hydrogen (secondary N) is 1. The number of ether oxygens (including phenoxy) is 2. The number of halogens is 3. The molecule has 57 heavy (non-hydrogen) atoms. The van der Waals surface area contributed by atoms with Gasteiger partial charge in [0, 0.05) is 30.6 Å². The van der Waals surface area contributed by atoms with Gasteiger partial charge in [0.15, 0.2) is 10.8 Å². The third-order valence-corrected chi connectivity index (χ3v) is 10.8. The standard InChI is InChI=1S/C43H37F3N4O6S/c1-3-55-38(51)21-19-33(43(44,45)46)27-14-16-28(17-15-27)56-35-12-7-9-29(25(35)2)30-18-20-37(48-39(30)41(53)54)50-23-22-26-8-6-10-31(32(26)24-50)40(52)49-42-47-34-11-4-5-13-36(34)57-42/h4-18,20,33H,3,19,21-24H2,1-2H3,(H,53,54)(H,47,49,52). The van der Waals surface area contributed by atoms with E-state index in [-0.39, 0.29) is 35.9 Å². The number of para-hydroxylation sites is 1. The Bertz CT molecular complexity index is 2440.